The first kappa shape index (κ1) is 31.7. The number of nitrogens with zero attached hydrogens (tertiary/aromatic N) is 5. The number of carbonyl (C=O) groups is 1. The second kappa shape index (κ2) is 14.4. The predicted molar refractivity (Wildman–Crippen MR) is 186 cm³/mol. The fraction of sp³-hybridized carbons (Fsp3) is 0.417. The Morgan fingerprint density at radius 1 is 0.957 bits per heavy atom. The molecule has 0 radical (unpaired) electrons. The third-order valence-corrected chi connectivity index (χ3v) is 9.83. The summed E-state index contributed by atoms with van der Waals surface area (Å²) in [5, 5.41) is 0.893. The minimum absolute atomic E-state index is 0.00317. The lowest BCUT2D eigenvalue weighted by atomic mass is 9.91. The monoisotopic (exact) mass is 640 g/mol. The van der Waals surface area contributed by atoms with Gasteiger partial charge >= 0.3 is 0 Å². The zero-order valence-electron chi connectivity index (χ0n) is 27.0. The summed E-state index contributed by atoms with van der Waals surface area (Å²) in [6, 6.07) is 22.2. The summed E-state index contributed by atoms with van der Waals surface area (Å²) < 4.78 is 16.7. The number of carbonyl (C=O) groups excluding carboxylic acids is 1. The second-order valence-corrected chi connectivity index (χ2v) is 13.2. The van der Waals surface area contributed by atoms with Gasteiger partial charge in [-0.1, -0.05) is 24.3 Å². The molecule has 3 aromatic carbocycles. The standard InChI is InChI=1S/C36H44N6O3S/c1-40(2)29-16-9-25(10-17-29)23-31(26-11-14-28(37)15-12-26)34-38-36(46-39-34)42-20-6-19-41(21-22-42)35(43)27-13-18-32(44-3)33(24-27)45-30-7-4-5-8-30/h9-18,24,30-31H,4-8,19-23,37H2,1-3H3. The first-order valence-corrected chi connectivity index (χ1v) is 17.0. The lowest BCUT2D eigenvalue weighted by molar-refractivity contribution is 0.0766. The number of nitrogen functional groups attached to an aromatic ring is 1. The van der Waals surface area contributed by atoms with E-state index in [1.807, 2.05) is 49.3 Å². The van der Waals surface area contributed by atoms with Crippen molar-refractivity contribution >= 4 is 33.9 Å². The summed E-state index contributed by atoms with van der Waals surface area (Å²) >= 11 is 1.43. The average molecular weight is 641 g/mol. The van der Waals surface area contributed by atoms with Crippen molar-refractivity contribution < 1.29 is 14.3 Å². The maximum absolute atomic E-state index is 13.7. The van der Waals surface area contributed by atoms with Crippen LogP contribution in [0.5, 0.6) is 11.5 Å². The molecule has 1 aromatic heterocycles. The van der Waals surface area contributed by atoms with E-state index in [2.05, 4.69) is 46.2 Å². The van der Waals surface area contributed by atoms with Gasteiger partial charge in [0.2, 0.25) is 5.13 Å². The molecule has 1 aliphatic heterocycles. The van der Waals surface area contributed by atoms with Crippen LogP contribution in [-0.2, 0) is 6.42 Å². The smallest absolute Gasteiger partial charge is 0.254 e. The van der Waals surface area contributed by atoms with Crippen LogP contribution in [0, 0.1) is 0 Å². The molecule has 242 valence electrons. The quantitative estimate of drug-likeness (QED) is 0.204. The van der Waals surface area contributed by atoms with E-state index in [0.717, 1.165) is 54.4 Å². The number of amides is 1. The van der Waals surface area contributed by atoms with E-state index < -0.39 is 0 Å². The minimum Gasteiger partial charge on any atom is -0.493 e. The lowest BCUT2D eigenvalue weighted by Crippen LogP contribution is -2.35. The Balaban J connectivity index is 1.15. The Kier molecular flexibility index (Phi) is 9.92. The third kappa shape index (κ3) is 7.39. The first-order chi connectivity index (χ1) is 22.4. The highest BCUT2D eigenvalue weighted by Crippen LogP contribution is 2.34. The summed E-state index contributed by atoms with van der Waals surface area (Å²) in [6.45, 7) is 2.80. The molecule has 9 nitrogen and oxygen atoms in total. The van der Waals surface area contributed by atoms with Crippen molar-refractivity contribution in [1.82, 2.24) is 14.3 Å². The molecule has 1 unspecified atom stereocenters. The van der Waals surface area contributed by atoms with Gasteiger partial charge in [0, 0.05) is 74.7 Å². The van der Waals surface area contributed by atoms with E-state index in [1.165, 1.54) is 35.6 Å². The molecule has 0 spiro atoms. The average Bonchev–Trinajstić information content (AvgIpc) is 3.71. The number of rotatable bonds is 10. The molecule has 2 N–H and O–H groups in total. The van der Waals surface area contributed by atoms with Crippen molar-refractivity contribution in [2.45, 2.75) is 50.5 Å². The van der Waals surface area contributed by atoms with E-state index in [0.29, 0.717) is 36.7 Å². The molecule has 4 aromatic rings. The highest BCUT2D eigenvalue weighted by Gasteiger charge is 2.26. The van der Waals surface area contributed by atoms with E-state index in [-0.39, 0.29) is 17.9 Å². The van der Waals surface area contributed by atoms with Crippen LogP contribution in [0.15, 0.2) is 66.7 Å². The lowest BCUT2D eigenvalue weighted by Gasteiger charge is -2.22. The number of nitrogens with two attached hydrogens (primary N) is 1. The van der Waals surface area contributed by atoms with Crippen LogP contribution in [0.1, 0.15) is 65.3 Å². The normalized spacial score (nSPS) is 16.2. The van der Waals surface area contributed by atoms with Gasteiger partial charge in [0.05, 0.1) is 13.2 Å². The number of hydrogen-bond acceptors (Lipinski definition) is 9. The van der Waals surface area contributed by atoms with Gasteiger partial charge in [-0.15, -0.1) is 0 Å². The van der Waals surface area contributed by atoms with Gasteiger partial charge in [-0.05, 0) is 92.1 Å². The second-order valence-electron chi connectivity index (χ2n) is 12.4. The fourth-order valence-corrected chi connectivity index (χ4v) is 7.11. The Morgan fingerprint density at radius 3 is 2.43 bits per heavy atom. The topological polar surface area (TPSA) is 97.1 Å². The Bertz CT molecular complexity index is 1600. The van der Waals surface area contributed by atoms with E-state index >= 15 is 0 Å². The number of hydrogen-bond donors (Lipinski definition) is 1. The van der Waals surface area contributed by atoms with Gasteiger partial charge in [0.15, 0.2) is 17.3 Å². The molecule has 1 saturated heterocycles. The highest BCUT2D eigenvalue weighted by atomic mass is 32.1. The van der Waals surface area contributed by atoms with Crippen LogP contribution >= 0.6 is 11.5 Å². The van der Waals surface area contributed by atoms with Gasteiger partial charge in [-0.3, -0.25) is 4.79 Å². The molecule has 2 fully saturated rings. The molecule has 2 aliphatic rings. The summed E-state index contributed by atoms with van der Waals surface area (Å²) in [5.74, 6) is 2.15. The molecule has 1 aliphatic carbocycles. The van der Waals surface area contributed by atoms with Crippen molar-refractivity contribution in [3.8, 4) is 11.5 Å². The van der Waals surface area contributed by atoms with Gasteiger partial charge < -0.3 is 29.9 Å². The molecule has 10 heteroatoms. The van der Waals surface area contributed by atoms with E-state index in [1.54, 1.807) is 7.11 Å². The number of ether oxygens (including phenoxy) is 2. The van der Waals surface area contributed by atoms with Crippen molar-refractivity contribution in [3.05, 3.63) is 89.2 Å². The number of aromatic nitrogens is 2. The molecule has 2 heterocycles. The van der Waals surface area contributed by atoms with Gasteiger partial charge in [-0.25, -0.2) is 4.98 Å². The van der Waals surface area contributed by atoms with Crippen LogP contribution in [0.2, 0.25) is 0 Å². The third-order valence-electron chi connectivity index (χ3n) is 9.03. The van der Waals surface area contributed by atoms with Crippen LogP contribution in [-0.4, -0.2) is 73.7 Å². The zero-order valence-corrected chi connectivity index (χ0v) is 27.8. The summed E-state index contributed by atoms with van der Waals surface area (Å²) in [6.07, 6.45) is 6.26. The molecule has 1 saturated carbocycles. The summed E-state index contributed by atoms with van der Waals surface area (Å²) in [4.78, 5) is 25.1. The highest BCUT2D eigenvalue weighted by molar-refractivity contribution is 7.09. The number of methoxy groups -OCH3 is 1. The number of anilines is 3. The van der Waals surface area contributed by atoms with Crippen molar-refractivity contribution in [3.63, 3.8) is 0 Å². The van der Waals surface area contributed by atoms with Gasteiger partial charge in [0.1, 0.15) is 0 Å². The molecule has 1 atom stereocenters. The maximum atomic E-state index is 13.7. The van der Waals surface area contributed by atoms with Crippen LogP contribution < -0.4 is 25.0 Å². The van der Waals surface area contributed by atoms with Gasteiger partial charge in [-0.2, -0.15) is 4.37 Å². The summed E-state index contributed by atoms with van der Waals surface area (Å²) in [7, 11) is 5.74. The molecular formula is C36H44N6O3S. The van der Waals surface area contributed by atoms with Crippen LogP contribution in [0.25, 0.3) is 0 Å². The number of benzene rings is 3. The molecule has 46 heavy (non-hydrogen) atoms. The Labute approximate surface area is 276 Å². The summed E-state index contributed by atoms with van der Waals surface area (Å²) in [5.41, 5.74) is 10.9. The Hall–Kier alpha value is -4.31. The van der Waals surface area contributed by atoms with E-state index in [9.17, 15) is 4.79 Å². The van der Waals surface area contributed by atoms with Gasteiger partial charge in [0.25, 0.3) is 5.91 Å². The molecule has 0 bridgehead atoms. The minimum atomic E-state index is -0.00317. The molecule has 6 rings (SSSR count). The largest absolute Gasteiger partial charge is 0.493 e. The maximum Gasteiger partial charge on any atom is 0.254 e. The first-order valence-electron chi connectivity index (χ1n) is 16.2. The van der Waals surface area contributed by atoms with Crippen molar-refractivity contribution in [2.24, 2.45) is 0 Å². The van der Waals surface area contributed by atoms with Crippen molar-refractivity contribution in [2.75, 3.05) is 62.9 Å². The zero-order chi connectivity index (χ0) is 32.0. The Morgan fingerprint density at radius 2 is 1.72 bits per heavy atom. The van der Waals surface area contributed by atoms with Crippen LogP contribution in [0.4, 0.5) is 16.5 Å². The molecule has 1 amide bonds. The fourth-order valence-electron chi connectivity index (χ4n) is 6.33. The van der Waals surface area contributed by atoms with Crippen molar-refractivity contribution in [1.29, 1.82) is 0 Å². The SMILES string of the molecule is COc1ccc(C(=O)N2CCCN(c3nc(C(Cc4ccc(N(C)C)cc4)c4ccc(N)cc4)ns3)CC2)cc1OC1CCCC1. The van der Waals surface area contributed by atoms with E-state index in [4.69, 9.17) is 24.6 Å². The predicted octanol–water partition coefficient (Wildman–Crippen LogP) is 6.24. The molecular weight excluding hydrogens is 597 g/mol. The van der Waals surface area contributed by atoms with Crippen LogP contribution in [0.3, 0.4) is 0 Å².